The summed E-state index contributed by atoms with van der Waals surface area (Å²) in [7, 11) is 0. The van der Waals surface area contributed by atoms with E-state index >= 15 is 0 Å². The van der Waals surface area contributed by atoms with Gasteiger partial charge in [0.2, 0.25) is 0 Å². The Labute approximate surface area is 162 Å². The van der Waals surface area contributed by atoms with Crippen LogP contribution in [0.2, 0.25) is 5.02 Å². The van der Waals surface area contributed by atoms with Crippen LogP contribution in [0.25, 0.3) is 0 Å². The van der Waals surface area contributed by atoms with Crippen molar-refractivity contribution in [3.63, 3.8) is 0 Å². The predicted octanol–water partition coefficient (Wildman–Crippen LogP) is 3.64. The van der Waals surface area contributed by atoms with Crippen LogP contribution in [0.15, 0.2) is 29.3 Å². The maximum atomic E-state index is 12.5. The molecule has 2 N–H and O–H groups in total. The maximum Gasteiger partial charge on any atom is 0.277 e. The third kappa shape index (κ3) is 5.10. The molecule has 0 radical (unpaired) electrons. The molecule has 0 bridgehead atoms. The normalized spacial score (nSPS) is 14.8. The highest BCUT2D eigenvalue weighted by atomic mass is 35.5. The monoisotopic (exact) mass is 401 g/mol. The third-order valence-corrected chi connectivity index (χ3v) is 5.11. The quantitative estimate of drug-likeness (QED) is 0.748. The average Bonchev–Trinajstić information content (AvgIpc) is 3.08. The second-order valence-electron chi connectivity index (χ2n) is 5.59. The van der Waals surface area contributed by atoms with Crippen molar-refractivity contribution < 1.29 is 4.79 Å². The number of anilines is 1. The fourth-order valence-electron chi connectivity index (χ4n) is 2.70. The summed E-state index contributed by atoms with van der Waals surface area (Å²) in [6, 6.07) is 5.80. The van der Waals surface area contributed by atoms with Crippen molar-refractivity contribution in [1.29, 1.82) is 0 Å². The molecule has 0 atom stereocenters. The molecule has 2 heterocycles. The van der Waals surface area contributed by atoms with Gasteiger partial charge in [0.05, 0.1) is 17.9 Å². The van der Waals surface area contributed by atoms with Crippen molar-refractivity contribution >= 4 is 47.4 Å². The molecule has 1 aromatic heterocycles. The molecule has 1 saturated heterocycles. The van der Waals surface area contributed by atoms with E-state index < -0.39 is 0 Å². The molecule has 6 nitrogen and oxygen atoms in total. The minimum atomic E-state index is -0.268. The highest BCUT2D eigenvalue weighted by molar-refractivity contribution is 7.99. The molecule has 1 fully saturated rings. The summed E-state index contributed by atoms with van der Waals surface area (Å²) in [6.07, 6.45) is 3.72. The number of aromatic nitrogens is 3. The van der Waals surface area contributed by atoms with Gasteiger partial charge in [0.25, 0.3) is 5.91 Å². The molecule has 0 saturated carbocycles. The molecule has 1 aromatic carbocycles. The first-order valence-electron chi connectivity index (χ1n) is 8.03. The maximum absolute atomic E-state index is 12.5. The van der Waals surface area contributed by atoms with Crippen molar-refractivity contribution in [2.75, 3.05) is 24.2 Å². The van der Waals surface area contributed by atoms with E-state index in [1.54, 1.807) is 28.7 Å². The SMILES string of the molecule is CCSc1ccc(Cl)cc1NC(=O)c1cn(C2CCNCC2)nn1.Cl. The minimum absolute atomic E-state index is 0. The Hall–Kier alpha value is -1.28. The van der Waals surface area contributed by atoms with Gasteiger partial charge in [-0.1, -0.05) is 23.7 Å². The Kier molecular flexibility index (Phi) is 7.56. The van der Waals surface area contributed by atoms with Crippen molar-refractivity contribution in [3.8, 4) is 0 Å². The number of benzene rings is 1. The second-order valence-corrected chi connectivity index (χ2v) is 7.33. The van der Waals surface area contributed by atoms with Crippen LogP contribution >= 0.6 is 35.8 Å². The molecule has 1 aliphatic heterocycles. The molecule has 2 aromatic rings. The van der Waals surface area contributed by atoms with Crippen LogP contribution in [-0.2, 0) is 0 Å². The second kappa shape index (κ2) is 9.43. The summed E-state index contributed by atoms with van der Waals surface area (Å²) in [5.74, 6) is 0.645. The van der Waals surface area contributed by atoms with E-state index in [2.05, 4.69) is 27.9 Å². The van der Waals surface area contributed by atoms with Gasteiger partial charge >= 0.3 is 0 Å². The van der Waals surface area contributed by atoms with Crippen LogP contribution in [0.4, 0.5) is 5.69 Å². The number of carbonyl (C=O) groups excluding carboxylic acids is 1. The molecule has 25 heavy (non-hydrogen) atoms. The summed E-state index contributed by atoms with van der Waals surface area (Å²) in [5, 5.41) is 14.9. The number of amides is 1. The van der Waals surface area contributed by atoms with Crippen LogP contribution in [0.5, 0.6) is 0 Å². The molecule has 0 spiro atoms. The van der Waals surface area contributed by atoms with Gasteiger partial charge in [-0.2, -0.15) is 0 Å². The Balaban J connectivity index is 0.00000225. The summed E-state index contributed by atoms with van der Waals surface area (Å²) in [5.41, 5.74) is 1.02. The van der Waals surface area contributed by atoms with E-state index in [1.807, 2.05) is 12.1 Å². The number of rotatable bonds is 5. The van der Waals surface area contributed by atoms with Crippen LogP contribution < -0.4 is 10.6 Å². The number of nitrogens with one attached hydrogen (secondary N) is 2. The fourth-order valence-corrected chi connectivity index (χ4v) is 3.61. The zero-order valence-corrected chi connectivity index (χ0v) is 16.3. The number of hydrogen-bond donors (Lipinski definition) is 2. The van der Waals surface area contributed by atoms with Gasteiger partial charge in [0.1, 0.15) is 0 Å². The fraction of sp³-hybridized carbons (Fsp3) is 0.438. The van der Waals surface area contributed by atoms with Crippen molar-refractivity contribution in [2.45, 2.75) is 30.7 Å². The lowest BCUT2D eigenvalue weighted by atomic mass is 10.1. The van der Waals surface area contributed by atoms with E-state index in [4.69, 9.17) is 11.6 Å². The highest BCUT2D eigenvalue weighted by Crippen LogP contribution is 2.30. The van der Waals surface area contributed by atoms with Gasteiger partial charge in [-0.05, 0) is 49.9 Å². The predicted molar refractivity (Wildman–Crippen MR) is 104 cm³/mol. The smallest absolute Gasteiger partial charge is 0.277 e. The lowest BCUT2D eigenvalue weighted by Crippen LogP contribution is -2.29. The van der Waals surface area contributed by atoms with Crippen LogP contribution in [-0.4, -0.2) is 39.7 Å². The number of carbonyl (C=O) groups is 1. The third-order valence-electron chi connectivity index (χ3n) is 3.92. The van der Waals surface area contributed by atoms with E-state index in [-0.39, 0.29) is 18.3 Å². The van der Waals surface area contributed by atoms with Gasteiger partial charge in [-0.25, -0.2) is 4.68 Å². The summed E-state index contributed by atoms with van der Waals surface area (Å²) in [6.45, 7) is 3.99. The number of halogens is 2. The molecule has 0 unspecified atom stereocenters. The van der Waals surface area contributed by atoms with Crippen molar-refractivity contribution in [2.24, 2.45) is 0 Å². The molecular weight excluding hydrogens is 381 g/mol. The molecule has 1 aliphatic rings. The first-order valence-corrected chi connectivity index (χ1v) is 9.40. The van der Waals surface area contributed by atoms with Crippen molar-refractivity contribution in [1.82, 2.24) is 20.3 Å². The van der Waals surface area contributed by atoms with Crippen molar-refractivity contribution in [3.05, 3.63) is 35.1 Å². The lowest BCUT2D eigenvalue weighted by molar-refractivity contribution is 0.102. The van der Waals surface area contributed by atoms with E-state index in [9.17, 15) is 4.79 Å². The first-order chi connectivity index (χ1) is 11.7. The van der Waals surface area contributed by atoms with Gasteiger partial charge < -0.3 is 10.6 Å². The molecule has 3 rings (SSSR count). The van der Waals surface area contributed by atoms with Gasteiger partial charge in [0.15, 0.2) is 5.69 Å². The van der Waals surface area contributed by atoms with E-state index in [0.717, 1.165) is 36.6 Å². The first kappa shape index (κ1) is 20.0. The van der Waals surface area contributed by atoms with E-state index in [1.165, 1.54) is 0 Å². The zero-order valence-electron chi connectivity index (χ0n) is 13.9. The summed E-state index contributed by atoms with van der Waals surface area (Å²) in [4.78, 5) is 13.5. The molecule has 0 aliphatic carbocycles. The van der Waals surface area contributed by atoms with Crippen LogP contribution in [0, 0.1) is 0 Å². The number of hydrogen-bond acceptors (Lipinski definition) is 5. The van der Waals surface area contributed by atoms with Gasteiger partial charge in [-0.15, -0.1) is 29.3 Å². The Morgan fingerprint density at radius 1 is 1.44 bits per heavy atom. The van der Waals surface area contributed by atoms with E-state index in [0.29, 0.717) is 22.4 Å². The Morgan fingerprint density at radius 3 is 2.92 bits per heavy atom. The van der Waals surface area contributed by atoms with Gasteiger partial charge in [-0.3, -0.25) is 4.79 Å². The van der Waals surface area contributed by atoms with Crippen LogP contribution in [0.1, 0.15) is 36.3 Å². The van der Waals surface area contributed by atoms with Crippen LogP contribution in [0.3, 0.4) is 0 Å². The molecular formula is C16H21Cl2N5OS. The Bertz CT molecular complexity index is 718. The number of nitrogens with zero attached hydrogens (tertiary/aromatic N) is 3. The minimum Gasteiger partial charge on any atom is -0.319 e. The largest absolute Gasteiger partial charge is 0.319 e. The lowest BCUT2D eigenvalue weighted by Gasteiger charge is -2.22. The topological polar surface area (TPSA) is 71.8 Å². The standard InChI is InChI=1S/C16H20ClN5OS.ClH/c1-2-24-15-4-3-11(17)9-13(15)19-16(23)14-10-22(21-20-14)12-5-7-18-8-6-12;/h3-4,9-10,12,18H,2,5-8H2,1H3,(H,19,23);1H. The van der Waals surface area contributed by atoms with Gasteiger partial charge in [0, 0.05) is 9.92 Å². The zero-order chi connectivity index (χ0) is 16.9. The Morgan fingerprint density at radius 2 is 2.20 bits per heavy atom. The number of thioether (sulfide) groups is 1. The average molecular weight is 402 g/mol. The summed E-state index contributed by atoms with van der Waals surface area (Å²) < 4.78 is 1.80. The highest BCUT2D eigenvalue weighted by Gasteiger charge is 2.19. The number of piperidine rings is 1. The molecule has 9 heteroatoms. The molecule has 1 amide bonds. The summed E-state index contributed by atoms with van der Waals surface area (Å²) >= 11 is 7.71. The molecule has 136 valence electrons.